The van der Waals surface area contributed by atoms with Gasteiger partial charge in [-0.3, -0.25) is 14.4 Å². The largest absolute Gasteiger partial charge is 0.477 e. The van der Waals surface area contributed by atoms with E-state index in [0.717, 1.165) is 6.42 Å². The Bertz CT molecular complexity index is 959. The fourth-order valence-corrected chi connectivity index (χ4v) is 7.74. The molecule has 0 aromatic heterocycles. The standard InChI is InChI=1S/C24H38N6O5S/c1-11-5-14(7-25)29(10-11)22(32)16-6-15(8-27-16)36-21-12(2)19-18(13(3)28-17(31)9-26-4)23(33)30(19)20(21)24(34)35/h11-16,18-19,26-27H,5-10,25H2,1-4H3,(H,28,31)(H,34,35)/t11?,12-,13-,14?,15+,16+,18-,19-/m1/s1. The maximum atomic E-state index is 13.2. The van der Waals surface area contributed by atoms with Crippen LogP contribution in [-0.4, -0.2) is 101 Å². The third-order valence-electron chi connectivity index (χ3n) is 7.92. The van der Waals surface area contributed by atoms with Crippen molar-refractivity contribution in [3.05, 3.63) is 10.6 Å². The summed E-state index contributed by atoms with van der Waals surface area (Å²) in [5.41, 5.74) is 5.94. The van der Waals surface area contributed by atoms with Crippen LogP contribution in [0.2, 0.25) is 0 Å². The Balaban J connectivity index is 1.43. The summed E-state index contributed by atoms with van der Waals surface area (Å²) in [7, 11) is 1.67. The van der Waals surface area contributed by atoms with E-state index < -0.39 is 17.9 Å². The number of likely N-dealkylation sites (N-methyl/N-ethyl adjacent to an activating group) is 1. The van der Waals surface area contributed by atoms with E-state index in [4.69, 9.17) is 5.73 Å². The number of hydrogen-bond acceptors (Lipinski definition) is 8. The number of amides is 3. The monoisotopic (exact) mass is 522 g/mol. The summed E-state index contributed by atoms with van der Waals surface area (Å²) >= 11 is 1.47. The Kier molecular flexibility index (Phi) is 7.98. The third kappa shape index (κ3) is 4.75. The molecular weight excluding hydrogens is 484 g/mol. The second kappa shape index (κ2) is 10.7. The summed E-state index contributed by atoms with van der Waals surface area (Å²) in [4.78, 5) is 54.4. The fraction of sp³-hybridized carbons (Fsp3) is 0.750. The van der Waals surface area contributed by atoms with Crippen molar-refractivity contribution in [2.24, 2.45) is 23.5 Å². The molecule has 2 unspecified atom stereocenters. The third-order valence-corrected chi connectivity index (χ3v) is 9.43. The number of carboxylic acid groups (broad SMARTS) is 1. The van der Waals surface area contributed by atoms with Gasteiger partial charge in [0.25, 0.3) is 0 Å². The Morgan fingerprint density at radius 2 is 2.00 bits per heavy atom. The lowest BCUT2D eigenvalue weighted by atomic mass is 9.78. The maximum Gasteiger partial charge on any atom is 0.353 e. The number of aliphatic carboxylic acids is 1. The second-order valence-electron chi connectivity index (χ2n) is 10.6. The van der Waals surface area contributed by atoms with Gasteiger partial charge in [-0.15, -0.1) is 11.8 Å². The van der Waals surface area contributed by atoms with Crippen molar-refractivity contribution in [1.82, 2.24) is 25.8 Å². The molecule has 0 saturated carbocycles. The number of carbonyl (C=O) groups excluding carboxylic acids is 3. The maximum absolute atomic E-state index is 13.2. The van der Waals surface area contributed by atoms with Crippen LogP contribution in [0.4, 0.5) is 0 Å². The first kappa shape index (κ1) is 26.9. The zero-order valence-electron chi connectivity index (χ0n) is 21.3. The number of carboxylic acids is 1. The highest BCUT2D eigenvalue weighted by atomic mass is 32.2. The van der Waals surface area contributed by atoms with Gasteiger partial charge in [-0.2, -0.15) is 0 Å². The Morgan fingerprint density at radius 1 is 1.28 bits per heavy atom. The van der Waals surface area contributed by atoms with E-state index in [9.17, 15) is 24.3 Å². The molecule has 4 aliphatic heterocycles. The minimum Gasteiger partial charge on any atom is -0.477 e. The molecule has 6 N–H and O–H groups in total. The van der Waals surface area contributed by atoms with Gasteiger partial charge < -0.3 is 36.6 Å². The number of hydrogen-bond donors (Lipinski definition) is 5. The van der Waals surface area contributed by atoms with Gasteiger partial charge in [-0.25, -0.2) is 4.79 Å². The first-order valence-electron chi connectivity index (χ1n) is 12.7. The van der Waals surface area contributed by atoms with E-state index in [0.29, 0.717) is 36.9 Å². The summed E-state index contributed by atoms with van der Waals surface area (Å²) in [5, 5.41) is 19.0. The quantitative estimate of drug-likeness (QED) is 0.243. The normalized spacial score (nSPS) is 34.6. The number of carbonyl (C=O) groups is 4. The fourth-order valence-electron chi connectivity index (χ4n) is 6.26. The summed E-state index contributed by atoms with van der Waals surface area (Å²) in [5.74, 6) is -1.77. The van der Waals surface area contributed by atoms with Crippen molar-refractivity contribution in [2.75, 3.05) is 33.2 Å². The summed E-state index contributed by atoms with van der Waals surface area (Å²) in [6, 6.07) is -0.963. The average Bonchev–Trinajstić information content (AvgIpc) is 3.49. The minimum atomic E-state index is -1.12. The lowest BCUT2D eigenvalue weighted by molar-refractivity contribution is -0.158. The molecule has 4 aliphatic rings. The second-order valence-corrected chi connectivity index (χ2v) is 11.9. The summed E-state index contributed by atoms with van der Waals surface area (Å²) in [6.45, 7) is 7.75. The lowest BCUT2D eigenvalue weighted by Gasteiger charge is -2.47. The van der Waals surface area contributed by atoms with Gasteiger partial charge in [0.05, 0.1) is 24.5 Å². The van der Waals surface area contributed by atoms with Crippen LogP contribution in [0.25, 0.3) is 0 Å². The van der Waals surface area contributed by atoms with Crippen molar-refractivity contribution < 1.29 is 24.3 Å². The molecule has 0 radical (unpaired) electrons. The molecule has 0 aliphatic carbocycles. The number of rotatable bonds is 9. The molecule has 8 atom stereocenters. The number of nitrogens with zero attached hydrogens (tertiary/aromatic N) is 2. The minimum absolute atomic E-state index is 0.0158. The predicted molar refractivity (Wildman–Crippen MR) is 136 cm³/mol. The first-order valence-corrected chi connectivity index (χ1v) is 13.6. The SMILES string of the molecule is CNCC(=O)N[C@H](C)[C@H]1C(=O)N2C(C(=O)O)=C(S[C@@H]3CN[C@H](C(=O)N4CC(C)CC4CN)C3)[C@H](C)[C@H]12. The van der Waals surface area contributed by atoms with Crippen molar-refractivity contribution in [1.29, 1.82) is 0 Å². The van der Waals surface area contributed by atoms with E-state index in [2.05, 4.69) is 22.9 Å². The van der Waals surface area contributed by atoms with E-state index in [1.54, 1.807) is 14.0 Å². The number of nitrogens with two attached hydrogens (primary N) is 1. The average molecular weight is 523 g/mol. The van der Waals surface area contributed by atoms with E-state index in [1.807, 2.05) is 11.8 Å². The Hall–Kier alpha value is -2.15. The molecule has 4 heterocycles. The molecule has 11 nitrogen and oxygen atoms in total. The zero-order chi connectivity index (χ0) is 26.3. The number of β-lactam (4-membered cyclic amide) rings is 1. The molecule has 0 spiro atoms. The van der Waals surface area contributed by atoms with Crippen LogP contribution in [-0.2, 0) is 19.2 Å². The van der Waals surface area contributed by atoms with Crippen LogP contribution in [0.1, 0.15) is 33.6 Å². The molecule has 3 saturated heterocycles. The van der Waals surface area contributed by atoms with Gasteiger partial charge in [-0.05, 0) is 32.7 Å². The first-order chi connectivity index (χ1) is 17.1. The molecular formula is C24H38N6O5S. The Labute approximate surface area is 215 Å². The lowest BCUT2D eigenvalue weighted by Crippen LogP contribution is -2.66. The molecule has 3 fully saturated rings. The molecule has 0 aromatic carbocycles. The summed E-state index contributed by atoms with van der Waals surface area (Å²) < 4.78 is 0. The van der Waals surface area contributed by atoms with Crippen LogP contribution >= 0.6 is 11.8 Å². The van der Waals surface area contributed by atoms with Crippen LogP contribution in [0.5, 0.6) is 0 Å². The zero-order valence-corrected chi connectivity index (χ0v) is 22.1. The van der Waals surface area contributed by atoms with Gasteiger partial charge in [0.15, 0.2) is 0 Å². The van der Waals surface area contributed by atoms with Gasteiger partial charge in [0, 0.05) is 47.8 Å². The molecule has 200 valence electrons. The summed E-state index contributed by atoms with van der Waals surface area (Å²) in [6.07, 6.45) is 1.51. The van der Waals surface area contributed by atoms with E-state index >= 15 is 0 Å². The number of fused-ring (bicyclic) bond motifs is 1. The highest BCUT2D eigenvalue weighted by Gasteiger charge is 2.60. The van der Waals surface area contributed by atoms with Crippen LogP contribution in [0.3, 0.4) is 0 Å². The van der Waals surface area contributed by atoms with Crippen LogP contribution < -0.4 is 21.7 Å². The predicted octanol–water partition coefficient (Wildman–Crippen LogP) is -0.857. The molecule has 0 bridgehead atoms. The van der Waals surface area contributed by atoms with Gasteiger partial charge in [0.1, 0.15) is 5.70 Å². The number of thioether (sulfide) groups is 1. The van der Waals surface area contributed by atoms with Gasteiger partial charge in [-0.1, -0.05) is 13.8 Å². The van der Waals surface area contributed by atoms with Crippen LogP contribution in [0.15, 0.2) is 10.6 Å². The highest BCUT2D eigenvalue weighted by Crippen LogP contribution is 2.51. The molecule has 4 rings (SSSR count). The Morgan fingerprint density at radius 3 is 2.64 bits per heavy atom. The molecule has 0 aromatic rings. The number of nitrogens with one attached hydrogen (secondary N) is 3. The molecule has 12 heteroatoms. The number of likely N-dealkylation sites (tertiary alicyclic amines) is 1. The van der Waals surface area contributed by atoms with Gasteiger partial charge in [0.2, 0.25) is 17.7 Å². The van der Waals surface area contributed by atoms with Gasteiger partial charge >= 0.3 is 5.97 Å². The molecule has 36 heavy (non-hydrogen) atoms. The van der Waals surface area contributed by atoms with Crippen LogP contribution in [0, 0.1) is 17.8 Å². The van der Waals surface area contributed by atoms with E-state index in [-0.39, 0.29) is 59.3 Å². The van der Waals surface area contributed by atoms with Crippen molar-refractivity contribution in [3.63, 3.8) is 0 Å². The highest BCUT2D eigenvalue weighted by molar-refractivity contribution is 8.03. The topological polar surface area (TPSA) is 157 Å². The van der Waals surface area contributed by atoms with E-state index in [1.165, 1.54) is 16.7 Å². The van der Waals surface area contributed by atoms with Crippen molar-refractivity contribution in [3.8, 4) is 0 Å². The van der Waals surface area contributed by atoms with Crippen molar-refractivity contribution >= 4 is 35.5 Å². The molecule has 3 amide bonds. The van der Waals surface area contributed by atoms with Crippen molar-refractivity contribution in [2.45, 2.75) is 63.0 Å². The smallest absolute Gasteiger partial charge is 0.353 e.